The maximum Gasteiger partial charge on any atom is 0.194 e. The summed E-state index contributed by atoms with van der Waals surface area (Å²) in [4.78, 5) is 12.5. The van der Waals surface area contributed by atoms with Gasteiger partial charge in [-0.3, -0.25) is 4.79 Å². The molecule has 3 aromatic rings. The Bertz CT molecular complexity index is 825. The van der Waals surface area contributed by atoms with Gasteiger partial charge in [-0.25, -0.2) is 0 Å². The molecule has 88 valence electrons. The topological polar surface area (TPSA) is 17.1 Å². The number of halogens is 2. The molecule has 3 heteroatoms. The summed E-state index contributed by atoms with van der Waals surface area (Å²) >= 11 is 6.84. The van der Waals surface area contributed by atoms with E-state index in [-0.39, 0.29) is 5.43 Å². The quantitative estimate of drug-likeness (QED) is 0.556. The van der Waals surface area contributed by atoms with Crippen molar-refractivity contribution in [3.8, 4) is 0 Å². The fraction of sp³-hybridized carbons (Fsp3) is 0. The summed E-state index contributed by atoms with van der Waals surface area (Å²) in [6, 6.07) is 15.5. The summed E-state index contributed by atoms with van der Waals surface area (Å²) in [6.45, 7) is 0. The van der Waals surface area contributed by atoms with Crippen LogP contribution in [0.25, 0.3) is 21.5 Å². The second kappa shape index (κ2) is 4.48. The Morgan fingerprint density at radius 1 is 0.667 bits per heavy atom. The third kappa shape index (κ3) is 1.98. The van der Waals surface area contributed by atoms with Crippen molar-refractivity contribution >= 4 is 53.4 Å². The minimum Gasteiger partial charge on any atom is -0.289 e. The molecular formula is C15H8Br2O. The number of rotatable bonds is 0. The van der Waals surface area contributed by atoms with E-state index < -0.39 is 0 Å². The first-order chi connectivity index (χ1) is 8.65. The Balaban J connectivity index is 2.61. The molecule has 0 unspecified atom stereocenters. The van der Waals surface area contributed by atoms with Gasteiger partial charge in [0, 0.05) is 19.7 Å². The van der Waals surface area contributed by atoms with Gasteiger partial charge < -0.3 is 0 Å². The van der Waals surface area contributed by atoms with E-state index in [1.165, 1.54) is 0 Å². The second-order valence-electron chi connectivity index (χ2n) is 4.13. The lowest BCUT2D eigenvalue weighted by atomic mass is 10.1. The fourth-order valence-electron chi connectivity index (χ4n) is 2.07. The molecule has 0 atom stereocenters. The van der Waals surface area contributed by atoms with Crippen LogP contribution < -0.4 is 5.43 Å². The van der Waals surface area contributed by atoms with E-state index in [1.54, 1.807) is 0 Å². The summed E-state index contributed by atoms with van der Waals surface area (Å²) < 4.78 is 1.90. The van der Waals surface area contributed by atoms with Crippen LogP contribution in [0.2, 0.25) is 0 Å². The van der Waals surface area contributed by atoms with Crippen LogP contribution in [-0.2, 0) is 0 Å². The lowest BCUT2D eigenvalue weighted by Crippen LogP contribution is -1.98. The molecule has 0 aromatic heterocycles. The van der Waals surface area contributed by atoms with Crippen molar-refractivity contribution in [3.05, 3.63) is 67.7 Å². The predicted octanol–water partition coefficient (Wildman–Crippen LogP) is 4.88. The summed E-state index contributed by atoms with van der Waals surface area (Å²) in [5, 5.41) is 3.38. The van der Waals surface area contributed by atoms with E-state index in [0.29, 0.717) is 0 Å². The van der Waals surface area contributed by atoms with E-state index >= 15 is 0 Å². The molecule has 0 bridgehead atoms. The molecule has 1 nitrogen and oxygen atoms in total. The van der Waals surface area contributed by atoms with E-state index in [1.807, 2.05) is 48.5 Å². The number of hydrogen-bond acceptors (Lipinski definition) is 1. The van der Waals surface area contributed by atoms with Crippen molar-refractivity contribution in [2.45, 2.75) is 0 Å². The molecule has 3 rings (SSSR count). The Morgan fingerprint density at radius 2 is 1.28 bits per heavy atom. The van der Waals surface area contributed by atoms with E-state index in [4.69, 9.17) is 0 Å². The van der Waals surface area contributed by atoms with Crippen molar-refractivity contribution in [1.82, 2.24) is 0 Å². The highest BCUT2D eigenvalue weighted by atomic mass is 79.9. The highest BCUT2D eigenvalue weighted by Crippen LogP contribution is 2.21. The van der Waals surface area contributed by atoms with E-state index in [2.05, 4.69) is 31.9 Å². The molecule has 0 fully saturated rings. The molecule has 0 heterocycles. The summed E-state index contributed by atoms with van der Waals surface area (Å²) in [6.07, 6.45) is 0. The monoisotopic (exact) mass is 362 g/mol. The van der Waals surface area contributed by atoms with Gasteiger partial charge in [-0.2, -0.15) is 0 Å². The smallest absolute Gasteiger partial charge is 0.194 e. The van der Waals surface area contributed by atoms with Crippen molar-refractivity contribution in [3.63, 3.8) is 0 Å². The van der Waals surface area contributed by atoms with E-state index in [0.717, 1.165) is 30.5 Å². The minimum absolute atomic E-state index is 0.0683. The Labute approximate surface area is 121 Å². The molecule has 18 heavy (non-hydrogen) atoms. The molecule has 0 aliphatic heterocycles. The van der Waals surface area contributed by atoms with Crippen LogP contribution >= 0.6 is 31.9 Å². The van der Waals surface area contributed by atoms with Gasteiger partial charge in [0.05, 0.1) is 0 Å². The maximum absolute atomic E-state index is 12.5. The first-order valence-corrected chi connectivity index (χ1v) is 7.05. The largest absolute Gasteiger partial charge is 0.289 e. The molecule has 0 spiro atoms. The number of fused-ring (bicyclic) bond motifs is 2. The van der Waals surface area contributed by atoms with Gasteiger partial charge in [-0.1, -0.05) is 50.1 Å². The first kappa shape index (κ1) is 11.9. The third-order valence-electron chi connectivity index (χ3n) is 2.96. The van der Waals surface area contributed by atoms with Gasteiger partial charge in [0.25, 0.3) is 0 Å². The fourth-order valence-corrected chi connectivity index (χ4v) is 2.81. The number of hydrogen-bond donors (Lipinski definition) is 0. The lowest BCUT2D eigenvalue weighted by Gasteiger charge is -1.94. The van der Waals surface area contributed by atoms with Crippen LogP contribution in [0.3, 0.4) is 0 Å². The highest BCUT2D eigenvalue weighted by Gasteiger charge is 2.03. The van der Waals surface area contributed by atoms with Crippen LogP contribution in [0.5, 0.6) is 0 Å². The molecule has 0 aliphatic carbocycles. The van der Waals surface area contributed by atoms with Crippen molar-refractivity contribution < 1.29 is 0 Å². The molecule has 3 aromatic carbocycles. The molecular weight excluding hydrogens is 356 g/mol. The van der Waals surface area contributed by atoms with Gasteiger partial charge in [-0.15, -0.1) is 0 Å². The van der Waals surface area contributed by atoms with Crippen LogP contribution in [0.15, 0.2) is 62.3 Å². The zero-order chi connectivity index (χ0) is 12.7. The van der Waals surface area contributed by atoms with Crippen LogP contribution in [-0.4, -0.2) is 0 Å². The summed E-state index contributed by atoms with van der Waals surface area (Å²) in [7, 11) is 0. The second-order valence-corrected chi connectivity index (χ2v) is 5.96. The maximum atomic E-state index is 12.5. The zero-order valence-electron chi connectivity index (χ0n) is 9.28. The highest BCUT2D eigenvalue weighted by molar-refractivity contribution is 9.10. The summed E-state index contributed by atoms with van der Waals surface area (Å²) in [5.74, 6) is 0. The molecule has 0 N–H and O–H groups in total. The molecule has 0 saturated carbocycles. The number of benzene rings is 2. The van der Waals surface area contributed by atoms with Crippen LogP contribution in [0.1, 0.15) is 0 Å². The normalized spacial score (nSPS) is 11.0. The van der Waals surface area contributed by atoms with Gasteiger partial charge >= 0.3 is 0 Å². The van der Waals surface area contributed by atoms with Crippen LogP contribution in [0.4, 0.5) is 0 Å². The van der Waals surface area contributed by atoms with Gasteiger partial charge in [0.2, 0.25) is 0 Å². The van der Waals surface area contributed by atoms with Crippen molar-refractivity contribution in [1.29, 1.82) is 0 Å². The van der Waals surface area contributed by atoms with Crippen molar-refractivity contribution in [2.24, 2.45) is 0 Å². The molecule has 0 saturated heterocycles. The standard InChI is InChI=1S/C15H8Br2O/c16-11-5-6-13-10(7-11)2-1-9-3-4-12(17)8-14(9)15(13)18/h1-8H. The zero-order valence-corrected chi connectivity index (χ0v) is 12.5. The SMILES string of the molecule is O=c1c2ccc(Br)cc2ccc2ccc(Br)cc12. The Morgan fingerprint density at radius 3 is 2.11 bits per heavy atom. The van der Waals surface area contributed by atoms with Crippen LogP contribution in [0, 0.1) is 0 Å². The van der Waals surface area contributed by atoms with Gasteiger partial charge in [0.1, 0.15) is 0 Å². The molecule has 0 amide bonds. The lowest BCUT2D eigenvalue weighted by molar-refractivity contribution is 1.69. The average molecular weight is 364 g/mol. The molecule has 0 radical (unpaired) electrons. The summed E-state index contributed by atoms with van der Waals surface area (Å²) in [5.41, 5.74) is 0.0683. The van der Waals surface area contributed by atoms with Crippen molar-refractivity contribution in [2.75, 3.05) is 0 Å². The van der Waals surface area contributed by atoms with Gasteiger partial charge in [-0.05, 0) is 41.1 Å². The Hall–Kier alpha value is -1.19. The Kier molecular flexibility index (Phi) is 2.96. The average Bonchev–Trinajstić information content (AvgIpc) is 2.48. The first-order valence-electron chi connectivity index (χ1n) is 5.47. The predicted molar refractivity (Wildman–Crippen MR) is 83.1 cm³/mol. The molecule has 0 aliphatic rings. The third-order valence-corrected chi connectivity index (χ3v) is 3.95. The minimum atomic E-state index is 0.0683. The van der Waals surface area contributed by atoms with Gasteiger partial charge in [0.15, 0.2) is 5.43 Å². The van der Waals surface area contributed by atoms with E-state index in [9.17, 15) is 4.79 Å².